The topological polar surface area (TPSA) is 75.4 Å². The summed E-state index contributed by atoms with van der Waals surface area (Å²) in [4.78, 5) is 11.9. The van der Waals surface area contributed by atoms with Crippen LogP contribution in [0.2, 0.25) is 0 Å². The Hall–Kier alpha value is -1.88. The van der Waals surface area contributed by atoms with Gasteiger partial charge in [0.05, 0.1) is 6.42 Å². The molecule has 2 N–H and O–H groups in total. The molecule has 0 aliphatic rings. The molecule has 1 heterocycles. The Balaban J connectivity index is 2.03. The van der Waals surface area contributed by atoms with E-state index in [9.17, 15) is 4.79 Å². The van der Waals surface area contributed by atoms with Gasteiger partial charge in [0.1, 0.15) is 5.69 Å². The molecule has 0 bridgehead atoms. The molecule has 0 saturated heterocycles. The van der Waals surface area contributed by atoms with Crippen LogP contribution < -0.4 is 5.32 Å². The maximum atomic E-state index is 11.9. The Bertz CT molecular complexity index is 565. The third-order valence-corrected chi connectivity index (χ3v) is 3.31. The highest BCUT2D eigenvalue weighted by molar-refractivity contribution is 5.86. The molecule has 102 valence electrons. The Morgan fingerprint density at radius 2 is 2.16 bits per heavy atom. The molecule has 1 aromatic carbocycles. The van der Waals surface area contributed by atoms with E-state index in [4.69, 9.17) is 9.63 Å². The minimum Gasteiger partial charge on any atom is -0.396 e. The number of fused-ring (bicyclic) bond motifs is 1. The minimum atomic E-state index is -0.119. The molecule has 0 fully saturated rings. The fourth-order valence-corrected chi connectivity index (χ4v) is 1.82. The van der Waals surface area contributed by atoms with Gasteiger partial charge in [-0.2, -0.15) is 0 Å². The van der Waals surface area contributed by atoms with E-state index in [2.05, 4.69) is 10.5 Å². The van der Waals surface area contributed by atoms with Gasteiger partial charge in [-0.3, -0.25) is 4.79 Å². The van der Waals surface area contributed by atoms with Crippen LogP contribution in [-0.4, -0.2) is 28.8 Å². The van der Waals surface area contributed by atoms with Crippen LogP contribution in [0, 0.1) is 5.92 Å². The largest absolute Gasteiger partial charge is 0.396 e. The van der Waals surface area contributed by atoms with Crippen molar-refractivity contribution in [2.75, 3.05) is 6.61 Å². The normalized spacial score (nSPS) is 14.3. The van der Waals surface area contributed by atoms with Gasteiger partial charge in [0.2, 0.25) is 5.91 Å². The van der Waals surface area contributed by atoms with E-state index in [1.807, 2.05) is 38.1 Å². The first kappa shape index (κ1) is 13.5. The smallest absolute Gasteiger partial charge is 0.226 e. The predicted molar refractivity (Wildman–Crippen MR) is 71.6 cm³/mol. The number of benzene rings is 1. The monoisotopic (exact) mass is 262 g/mol. The number of aliphatic hydroxyl groups is 1. The van der Waals surface area contributed by atoms with Crippen LogP contribution in [0.3, 0.4) is 0 Å². The summed E-state index contributed by atoms with van der Waals surface area (Å²) in [7, 11) is 0. The van der Waals surface area contributed by atoms with Crippen LogP contribution in [0.5, 0.6) is 0 Å². The third kappa shape index (κ3) is 3.12. The molecule has 2 rings (SSSR count). The Morgan fingerprint density at radius 1 is 1.42 bits per heavy atom. The molecule has 0 aliphatic carbocycles. The third-order valence-electron chi connectivity index (χ3n) is 3.31. The number of nitrogens with one attached hydrogen (secondary N) is 1. The lowest BCUT2D eigenvalue weighted by Gasteiger charge is -2.18. The van der Waals surface area contributed by atoms with Crippen molar-refractivity contribution in [1.82, 2.24) is 10.5 Å². The van der Waals surface area contributed by atoms with Crippen molar-refractivity contribution in [1.29, 1.82) is 0 Å². The van der Waals surface area contributed by atoms with Crippen LogP contribution in [0.25, 0.3) is 11.0 Å². The lowest BCUT2D eigenvalue weighted by molar-refractivity contribution is -0.121. The second kappa shape index (κ2) is 5.84. The van der Waals surface area contributed by atoms with Gasteiger partial charge in [-0.15, -0.1) is 0 Å². The number of rotatable bonds is 5. The van der Waals surface area contributed by atoms with Crippen LogP contribution in [-0.2, 0) is 11.2 Å². The number of para-hydroxylation sites is 1. The number of aromatic nitrogens is 1. The summed E-state index contributed by atoms with van der Waals surface area (Å²) in [6, 6.07) is 7.38. The van der Waals surface area contributed by atoms with E-state index in [0.29, 0.717) is 11.3 Å². The van der Waals surface area contributed by atoms with Crippen LogP contribution in [0.4, 0.5) is 0 Å². The first-order valence-corrected chi connectivity index (χ1v) is 6.35. The van der Waals surface area contributed by atoms with E-state index >= 15 is 0 Å². The fraction of sp³-hybridized carbons (Fsp3) is 0.429. The highest BCUT2D eigenvalue weighted by atomic mass is 16.5. The van der Waals surface area contributed by atoms with E-state index in [1.54, 1.807) is 0 Å². The number of amides is 1. The van der Waals surface area contributed by atoms with Gasteiger partial charge in [-0.05, 0) is 25.0 Å². The van der Waals surface area contributed by atoms with Gasteiger partial charge < -0.3 is 14.9 Å². The van der Waals surface area contributed by atoms with Crippen LogP contribution >= 0.6 is 0 Å². The molecule has 0 spiro atoms. The number of aliphatic hydroxyl groups excluding tert-OH is 1. The van der Waals surface area contributed by atoms with Gasteiger partial charge in [-0.25, -0.2) is 0 Å². The van der Waals surface area contributed by atoms with E-state index in [-0.39, 0.29) is 30.9 Å². The second-order valence-electron chi connectivity index (χ2n) is 4.82. The molecule has 2 aromatic rings. The summed E-state index contributed by atoms with van der Waals surface area (Å²) in [6.07, 6.45) is 0.180. The van der Waals surface area contributed by atoms with E-state index in [0.717, 1.165) is 5.39 Å². The van der Waals surface area contributed by atoms with Crippen molar-refractivity contribution in [2.24, 2.45) is 5.92 Å². The van der Waals surface area contributed by atoms with Crippen LogP contribution in [0.15, 0.2) is 28.8 Å². The average molecular weight is 262 g/mol. The lowest BCUT2D eigenvalue weighted by Crippen LogP contribution is -2.39. The first-order chi connectivity index (χ1) is 9.11. The molecule has 5 nitrogen and oxygen atoms in total. The van der Waals surface area contributed by atoms with Crippen molar-refractivity contribution in [3.05, 3.63) is 30.0 Å². The van der Waals surface area contributed by atoms with Gasteiger partial charge in [0.25, 0.3) is 0 Å². The zero-order valence-corrected chi connectivity index (χ0v) is 11.1. The Labute approximate surface area is 111 Å². The fourth-order valence-electron chi connectivity index (χ4n) is 1.82. The Kier molecular flexibility index (Phi) is 4.16. The van der Waals surface area contributed by atoms with E-state index < -0.39 is 0 Å². The number of hydrogen-bond acceptors (Lipinski definition) is 4. The summed E-state index contributed by atoms with van der Waals surface area (Å²) in [6.45, 7) is 3.81. The van der Waals surface area contributed by atoms with Gasteiger partial charge in [-0.1, -0.05) is 24.2 Å². The molecule has 0 aliphatic heterocycles. The summed E-state index contributed by atoms with van der Waals surface area (Å²) in [5.74, 6) is -0.0927. The van der Waals surface area contributed by atoms with Crippen molar-refractivity contribution >= 4 is 16.9 Å². The van der Waals surface area contributed by atoms with Crippen molar-refractivity contribution in [2.45, 2.75) is 26.3 Å². The first-order valence-electron chi connectivity index (χ1n) is 6.35. The molecule has 2 atom stereocenters. The summed E-state index contributed by atoms with van der Waals surface area (Å²) in [5.41, 5.74) is 1.32. The molecule has 2 unspecified atom stereocenters. The molecule has 1 amide bonds. The van der Waals surface area contributed by atoms with Gasteiger partial charge >= 0.3 is 0 Å². The summed E-state index contributed by atoms with van der Waals surface area (Å²) in [5, 5.41) is 16.7. The van der Waals surface area contributed by atoms with Crippen molar-refractivity contribution in [3.8, 4) is 0 Å². The number of carbonyl (C=O) groups excluding carboxylic acids is 1. The molecular formula is C14H18N2O3. The SMILES string of the molecule is CC(CO)C(C)NC(=O)Cc1noc2ccccc12. The molecule has 0 radical (unpaired) electrons. The standard InChI is InChI=1S/C14H18N2O3/c1-9(8-17)10(2)15-14(18)7-12-11-5-3-4-6-13(11)19-16-12/h3-6,9-10,17H,7-8H2,1-2H3,(H,15,18). The quantitative estimate of drug-likeness (QED) is 0.856. The van der Waals surface area contributed by atoms with Gasteiger partial charge in [0, 0.05) is 18.0 Å². The lowest BCUT2D eigenvalue weighted by atomic mass is 10.0. The van der Waals surface area contributed by atoms with Crippen molar-refractivity contribution in [3.63, 3.8) is 0 Å². The van der Waals surface area contributed by atoms with E-state index in [1.165, 1.54) is 0 Å². The van der Waals surface area contributed by atoms with Crippen LogP contribution in [0.1, 0.15) is 19.5 Å². The number of carbonyl (C=O) groups is 1. The minimum absolute atomic E-state index is 0.0259. The molecule has 1 aromatic heterocycles. The number of nitrogens with zero attached hydrogens (tertiary/aromatic N) is 1. The molecular weight excluding hydrogens is 244 g/mol. The summed E-state index contributed by atoms with van der Waals surface area (Å²) >= 11 is 0. The zero-order valence-electron chi connectivity index (χ0n) is 11.1. The summed E-state index contributed by atoms with van der Waals surface area (Å²) < 4.78 is 5.15. The molecule has 5 heteroatoms. The second-order valence-corrected chi connectivity index (χ2v) is 4.82. The predicted octanol–water partition coefficient (Wildman–Crippen LogP) is 1.50. The highest BCUT2D eigenvalue weighted by Crippen LogP contribution is 2.18. The van der Waals surface area contributed by atoms with Crippen molar-refractivity contribution < 1.29 is 14.4 Å². The maximum Gasteiger partial charge on any atom is 0.226 e. The average Bonchev–Trinajstić information content (AvgIpc) is 2.81. The molecule has 0 saturated carbocycles. The number of hydrogen-bond donors (Lipinski definition) is 2. The van der Waals surface area contributed by atoms with Gasteiger partial charge in [0.15, 0.2) is 5.58 Å². The maximum absolute atomic E-state index is 11.9. The molecule has 19 heavy (non-hydrogen) atoms. The highest BCUT2D eigenvalue weighted by Gasteiger charge is 2.16. The zero-order chi connectivity index (χ0) is 13.8. The Morgan fingerprint density at radius 3 is 2.89 bits per heavy atom.